The van der Waals surface area contributed by atoms with E-state index in [-0.39, 0.29) is 11.8 Å². The number of nitrogens with zero attached hydrogens (tertiary/aromatic N) is 2. The van der Waals surface area contributed by atoms with Gasteiger partial charge in [0.05, 0.1) is 7.11 Å². The summed E-state index contributed by atoms with van der Waals surface area (Å²) >= 11 is 0. The van der Waals surface area contributed by atoms with Gasteiger partial charge in [-0.1, -0.05) is 30.3 Å². The minimum Gasteiger partial charge on any atom is -0.496 e. The first-order valence-corrected chi connectivity index (χ1v) is 9.09. The Bertz CT molecular complexity index is 769. The summed E-state index contributed by atoms with van der Waals surface area (Å²) < 4.78 is 5.35. The summed E-state index contributed by atoms with van der Waals surface area (Å²) in [7, 11) is 6.95. The number of carbonyl (C=O) groups is 2. The van der Waals surface area contributed by atoms with Crippen molar-refractivity contribution < 1.29 is 14.3 Å². The number of rotatable bonds is 8. The number of hydrogen-bond donors (Lipinski definition) is 0. The fourth-order valence-electron chi connectivity index (χ4n) is 2.84. The third-order valence-electron chi connectivity index (χ3n) is 4.57. The van der Waals surface area contributed by atoms with Crippen molar-refractivity contribution in [3.63, 3.8) is 0 Å². The molecule has 0 aliphatic heterocycles. The van der Waals surface area contributed by atoms with Crippen molar-refractivity contribution in [3.05, 3.63) is 65.2 Å². The average Bonchev–Trinajstić information content (AvgIpc) is 2.70. The highest BCUT2D eigenvalue weighted by molar-refractivity contribution is 5.93. The Morgan fingerprint density at radius 3 is 2.22 bits per heavy atom. The van der Waals surface area contributed by atoms with E-state index in [1.165, 1.54) is 0 Å². The van der Waals surface area contributed by atoms with Gasteiger partial charge >= 0.3 is 0 Å². The molecule has 0 spiro atoms. The van der Waals surface area contributed by atoms with E-state index in [1.807, 2.05) is 55.6 Å². The van der Waals surface area contributed by atoms with Crippen LogP contribution in [-0.2, 0) is 17.6 Å². The first-order chi connectivity index (χ1) is 12.9. The van der Waals surface area contributed by atoms with Crippen molar-refractivity contribution >= 4 is 11.8 Å². The Hall–Kier alpha value is -2.82. The topological polar surface area (TPSA) is 49.9 Å². The predicted octanol–water partition coefficient (Wildman–Crippen LogP) is 3.03. The van der Waals surface area contributed by atoms with E-state index < -0.39 is 0 Å². The van der Waals surface area contributed by atoms with E-state index >= 15 is 0 Å². The molecule has 0 saturated heterocycles. The van der Waals surface area contributed by atoms with Crippen LogP contribution in [0.2, 0.25) is 0 Å². The molecule has 2 aromatic rings. The first-order valence-electron chi connectivity index (χ1n) is 9.09. The van der Waals surface area contributed by atoms with Crippen LogP contribution in [0.25, 0.3) is 0 Å². The van der Waals surface area contributed by atoms with E-state index in [4.69, 9.17) is 4.74 Å². The largest absolute Gasteiger partial charge is 0.496 e. The van der Waals surface area contributed by atoms with Gasteiger partial charge in [0.15, 0.2) is 0 Å². The molecule has 5 heteroatoms. The molecular weight excluding hydrogens is 340 g/mol. The van der Waals surface area contributed by atoms with Crippen LogP contribution < -0.4 is 4.74 Å². The van der Waals surface area contributed by atoms with Gasteiger partial charge in [-0.3, -0.25) is 9.59 Å². The van der Waals surface area contributed by atoms with Gasteiger partial charge in [-0.2, -0.15) is 0 Å². The zero-order valence-electron chi connectivity index (χ0n) is 16.6. The van der Waals surface area contributed by atoms with Gasteiger partial charge in [0.25, 0.3) is 5.91 Å². The Balaban J connectivity index is 1.83. The van der Waals surface area contributed by atoms with Crippen LogP contribution in [0.5, 0.6) is 5.75 Å². The van der Waals surface area contributed by atoms with E-state index in [0.29, 0.717) is 24.9 Å². The fraction of sp³-hybridized carbons (Fsp3) is 0.364. The van der Waals surface area contributed by atoms with Crippen LogP contribution >= 0.6 is 0 Å². The zero-order valence-corrected chi connectivity index (χ0v) is 16.6. The zero-order chi connectivity index (χ0) is 19.8. The monoisotopic (exact) mass is 368 g/mol. The van der Waals surface area contributed by atoms with Crippen LogP contribution in [0, 0.1) is 0 Å². The van der Waals surface area contributed by atoms with Crippen molar-refractivity contribution in [2.45, 2.75) is 19.3 Å². The summed E-state index contributed by atoms with van der Waals surface area (Å²) in [4.78, 5) is 27.6. The Labute approximate surface area is 161 Å². The molecule has 0 heterocycles. The number of benzene rings is 2. The molecule has 144 valence electrons. The molecule has 0 N–H and O–H groups in total. The van der Waals surface area contributed by atoms with Crippen molar-refractivity contribution in [1.82, 2.24) is 9.80 Å². The Kier molecular flexibility index (Phi) is 7.41. The van der Waals surface area contributed by atoms with E-state index in [0.717, 1.165) is 23.3 Å². The molecule has 0 atom stereocenters. The minimum atomic E-state index is -0.0197. The first kappa shape index (κ1) is 20.5. The van der Waals surface area contributed by atoms with Crippen molar-refractivity contribution in [1.29, 1.82) is 0 Å². The second-order valence-electron chi connectivity index (χ2n) is 6.77. The van der Waals surface area contributed by atoms with E-state index in [9.17, 15) is 9.59 Å². The van der Waals surface area contributed by atoms with Crippen molar-refractivity contribution in [2.75, 3.05) is 34.8 Å². The summed E-state index contributed by atoms with van der Waals surface area (Å²) in [5, 5.41) is 0. The molecule has 0 unspecified atom stereocenters. The number of methoxy groups -OCH3 is 1. The van der Waals surface area contributed by atoms with Crippen molar-refractivity contribution in [3.8, 4) is 5.75 Å². The number of likely N-dealkylation sites (N-methyl/N-ethyl adjacent to an activating group) is 1. The van der Waals surface area contributed by atoms with Gasteiger partial charge in [0.2, 0.25) is 5.91 Å². The number of ether oxygens (including phenoxy) is 1. The van der Waals surface area contributed by atoms with Gasteiger partial charge in [0, 0.05) is 39.7 Å². The Morgan fingerprint density at radius 1 is 0.926 bits per heavy atom. The van der Waals surface area contributed by atoms with Crippen molar-refractivity contribution in [2.24, 2.45) is 0 Å². The van der Waals surface area contributed by atoms with E-state index in [1.54, 1.807) is 31.0 Å². The average molecular weight is 368 g/mol. The normalized spacial score (nSPS) is 10.4. The molecular formula is C22H28N2O3. The molecule has 0 aliphatic carbocycles. The molecule has 0 bridgehead atoms. The molecule has 5 nitrogen and oxygen atoms in total. The van der Waals surface area contributed by atoms with Crippen LogP contribution in [-0.4, -0.2) is 56.4 Å². The standard InChI is InChI=1S/C22H28N2O3/c1-23(2)22(26)19-12-9-17(10-13-19)11-14-21(25)24(3)16-15-18-7-5-6-8-20(18)27-4/h5-10,12-13H,11,14-16H2,1-4H3. The summed E-state index contributed by atoms with van der Waals surface area (Å²) in [6, 6.07) is 15.3. The fourth-order valence-corrected chi connectivity index (χ4v) is 2.84. The smallest absolute Gasteiger partial charge is 0.253 e. The molecule has 2 aromatic carbocycles. The number of para-hydroxylation sites is 1. The molecule has 0 radical (unpaired) electrons. The second-order valence-corrected chi connectivity index (χ2v) is 6.77. The number of hydrogen-bond acceptors (Lipinski definition) is 3. The molecule has 0 saturated carbocycles. The van der Waals surface area contributed by atoms with Gasteiger partial charge in [-0.15, -0.1) is 0 Å². The minimum absolute atomic E-state index is 0.0197. The van der Waals surface area contributed by atoms with Crippen LogP contribution in [0.3, 0.4) is 0 Å². The summed E-state index contributed by atoms with van der Waals surface area (Å²) in [6.07, 6.45) is 1.87. The number of carbonyl (C=O) groups excluding carboxylic acids is 2. The molecule has 2 amide bonds. The van der Waals surface area contributed by atoms with Gasteiger partial charge < -0.3 is 14.5 Å². The third kappa shape index (κ3) is 5.84. The molecule has 0 aromatic heterocycles. The summed E-state index contributed by atoms with van der Waals surface area (Å²) in [5.41, 5.74) is 2.81. The highest BCUT2D eigenvalue weighted by Crippen LogP contribution is 2.18. The van der Waals surface area contributed by atoms with Gasteiger partial charge in [-0.25, -0.2) is 0 Å². The lowest BCUT2D eigenvalue weighted by Crippen LogP contribution is -2.29. The van der Waals surface area contributed by atoms with Crippen LogP contribution in [0.4, 0.5) is 0 Å². The quantitative estimate of drug-likeness (QED) is 0.720. The lowest BCUT2D eigenvalue weighted by atomic mass is 10.1. The lowest BCUT2D eigenvalue weighted by molar-refractivity contribution is -0.129. The second kappa shape index (κ2) is 9.76. The maximum Gasteiger partial charge on any atom is 0.253 e. The highest BCUT2D eigenvalue weighted by atomic mass is 16.5. The van der Waals surface area contributed by atoms with Crippen LogP contribution in [0.15, 0.2) is 48.5 Å². The molecule has 27 heavy (non-hydrogen) atoms. The molecule has 0 fully saturated rings. The van der Waals surface area contributed by atoms with Gasteiger partial charge in [0.1, 0.15) is 5.75 Å². The SMILES string of the molecule is COc1ccccc1CCN(C)C(=O)CCc1ccc(C(=O)N(C)C)cc1. The predicted molar refractivity (Wildman–Crippen MR) is 107 cm³/mol. The maximum absolute atomic E-state index is 12.4. The number of amides is 2. The lowest BCUT2D eigenvalue weighted by Gasteiger charge is -2.18. The Morgan fingerprint density at radius 2 is 1.59 bits per heavy atom. The van der Waals surface area contributed by atoms with Gasteiger partial charge in [-0.05, 0) is 42.2 Å². The molecule has 2 rings (SSSR count). The maximum atomic E-state index is 12.4. The summed E-state index contributed by atoms with van der Waals surface area (Å²) in [6.45, 7) is 0.648. The molecule has 0 aliphatic rings. The highest BCUT2D eigenvalue weighted by Gasteiger charge is 2.11. The third-order valence-corrected chi connectivity index (χ3v) is 4.57. The van der Waals surface area contributed by atoms with Crippen LogP contribution in [0.1, 0.15) is 27.9 Å². The summed E-state index contributed by atoms with van der Waals surface area (Å²) in [5.74, 6) is 0.942. The number of aryl methyl sites for hydroxylation is 1. The van der Waals surface area contributed by atoms with E-state index in [2.05, 4.69) is 0 Å².